The van der Waals surface area contributed by atoms with E-state index in [-0.39, 0.29) is 6.09 Å². The van der Waals surface area contributed by atoms with E-state index in [2.05, 4.69) is 4.90 Å². The Balaban J connectivity index is 1.83. The van der Waals surface area contributed by atoms with E-state index in [0.717, 1.165) is 51.2 Å². The Morgan fingerprint density at radius 1 is 1.20 bits per heavy atom. The van der Waals surface area contributed by atoms with Crippen LogP contribution in [0, 0.1) is 5.41 Å². The normalized spacial score (nSPS) is 22.1. The summed E-state index contributed by atoms with van der Waals surface area (Å²) in [6, 6.07) is 0.432. The fraction of sp³-hybridized carbons (Fsp3) is 0.867. The second-order valence-corrected chi connectivity index (χ2v) is 6.80. The summed E-state index contributed by atoms with van der Waals surface area (Å²) in [6.07, 6.45) is 4.93. The molecule has 0 aromatic carbocycles. The smallest absolute Gasteiger partial charge is 0.410 e. The fourth-order valence-electron chi connectivity index (χ4n) is 2.94. The summed E-state index contributed by atoms with van der Waals surface area (Å²) in [5.74, 6) is 0.784. The van der Waals surface area contributed by atoms with E-state index >= 15 is 0 Å². The number of likely N-dealkylation sites (tertiary alicyclic amines) is 2. The van der Waals surface area contributed by atoms with E-state index in [1.165, 1.54) is 6.42 Å². The number of ether oxygens (including phenoxy) is 1. The van der Waals surface area contributed by atoms with Crippen LogP contribution in [0.5, 0.6) is 0 Å². The van der Waals surface area contributed by atoms with Crippen LogP contribution >= 0.6 is 0 Å². The van der Waals surface area contributed by atoms with Crippen molar-refractivity contribution >= 4 is 11.9 Å². The Morgan fingerprint density at radius 3 is 2.40 bits per heavy atom. The Bertz CT molecular complexity index is 368. The highest BCUT2D eigenvalue weighted by Crippen LogP contribution is 2.23. The molecule has 0 aliphatic carbocycles. The topological polar surface area (TPSA) is 56.6 Å². The predicted molar refractivity (Wildman–Crippen MR) is 79.1 cm³/mol. The standard InChI is InChI=1S/C15H27N3O2/c1-15(2,3)20-14(19)17-10-7-12(8-11-17)18-9-5-4-6-13(18)16/h12,16H,4-11H2,1-3H3. The number of carbonyl (C=O) groups is 1. The molecule has 0 aromatic rings. The molecule has 2 fully saturated rings. The molecule has 1 amide bonds. The van der Waals surface area contributed by atoms with Crippen molar-refractivity contribution in [2.24, 2.45) is 0 Å². The second-order valence-electron chi connectivity index (χ2n) is 6.80. The Kier molecular flexibility index (Phi) is 4.55. The zero-order chi connectivity index (χ0) is 14.8. The number of amides is 1. The SMILES string of the molecule is CC(C)(C)OC(=O)N1CCC(N2CCCCC2=N)CC1. The first-order chi connectivity index (χ1) is 9.37. The van der Waals surface area contributed by atoms with Gasteiger partial charge in [0, 0.05) is 32.1 Å². The van der Waals surface area contributed by atoms with E-state index in [1.54, 1.807) is 4.90 Å². The molecule has 2 rings (SSSR count). The average molecular weight is 281 g/mol. The first kappa shape index (κ1) is 15.1. The van der Waals surface area contributed by atoms with E-state index in [4.69, 9.17) is 10.1 Å². The summed E-state index contributed by atoms with van der Waals surface area (Å²) in [5, 5.41) is 8.06. The van der Waals surface area contributed by atoms with Gasteiger partial charge in [0.15, 0.2) is 0 Å². The molecule has 1 N–H and O–H groups in total. The zero-order valence-corrected chi connectivity index (χ0v) is 12.9. The molecule has 20 heavy (non-hydrogen) atoms. The molecule has 2 aliphatic heterocycles. The van der Waals surface area contributed by atoms with Gasteiger partial charge in [0.05, 0.1) is 5.84 Å². The van der Waals surface area contributed by atoms with Crippen molar-refractivity contribution in [1.82, 2.24) is 9.80 Å². The van der Waals surface area contributed by atoms with Gasteiger partial charge >= 0.3 is 6.09 Å². The lowest BCUT2D eigenvalue weighted by atomic mass is 9.99. The highest BCUT2D eigenvalue weighted by Gasteiger charge is 2.31. The summed E-state index contributed by atoms with van der Waals surface area (Å²) in [5.41, 5.74) is -0.428. The number of nitrogens with zero attached hydrogens (tertiary/aromatic N) is 2. The summed E-state index contributed by atoms with van der Waals surface area (Å²) in [4.78, 5) is 16.1. The molecular weight excluding hydrogens is 254 g/mol. The molecule has 5 heteroatoms. The third-order valence-electron chi connectivity index (χ3n) is 3.97. The molecule has 5 nitrogen and oxygen atoms in total. The third-order valence-corrected chi connectivity index (χ3v) is 3.97. The van der Waals surface area contributed by atoms with Gasteiger partial charge in [-0.05, 0) is 46.5 Å². The van der Waals surface area contributed by atoms with E-state index in [0.29, 0.717) is 6.04 Å². The maximum atomic E-state index is 12.0. The molecule has 0 saturated carbocycles. The number of carbonyl (C=O) groups excluding carboxylic acids is 1. The van der Waals surface area contributed by atoms with Gasteiger partial charge in [0.25, 0.3) is 0 Å². The molecule has 2 aliphatic rings. The lowest BCUT2D eigenvalue weighted by molar-refractivity contribution is 0.0170. The Labute approximate surface area is 121 Å². The molecule has 2 heterocycles. The molecule has 0 atom stereocenters. The number of nitrogens with one attached hydrogen (secondary N) is 1. The Morgan fingerprint density at radius 2 is 1.85 bits per heavy atom. The monoisotopic (exact) mass is 281 g/mol. The average Bonchev–Trinajstić information content (AvgIpc) is 2.37. The van der Waals surface area contributed by atoms with Crippen molar-refractivity contribution in [3.8, 4) is 0 Å². The minimum atomic E-state index is -0.428. The molecule has 114 valence electrons. The number of piperidine rings is 2. The summed E-state index contributed by atoms with van der Waals surface area (Å²) < 4.78 is 5.41. The summed E-state index contributed by atoms with van der Waals surface area (Å²) in [6.45, 7) is 8.18. The molecule has 2 saturated heterocycles. The van der Waals surface area contributed by atoms with Gasteiger partial charge in [0.2, 0.25) is 0 Å². The maximum absolute atomic E-state index is 12.0. The van der Waals surface area contributed by atoms with Crippen molar-refractivity contribution < 1.29 is 9.53 Å². The minimum absolute atomic E-state index is 0.204. The second kappa shape index (κ2) is 6.02. The van der Waals surface area contributed by atoms with Crippen molar-refractivity contribution in [1.29, 1.82) is 5.41 Å². The van der Waals surface area contributed by atoms with Crippen molar-refractivity contribution in [2.75, 3.05) is 19.6 Å². The molecule has 0 aromatic heterocycles. The fourth-order valence-corrected chi connectivity index (χ4v) is 2.94. The minimum Gasteiger partial charge on any atom is -0.444 e. The third kappa shape index (κ3) is 3.87. The number of amidine groups is 1. The van der Waals surface area contributed by atoms with Crippen molar-refractivity contribution in [2.45, 2.75) is 64.5 Å². The first-order valence-corrected chi connectivity index (χ1v) is 7.69. The van der Waals surface area contributed by atoms with Gasteiger partial charge in [-0.2, -0.15) is 0 Å². The van der Waals surface area contributed by atoms with Crippen LogP contribution in [-0.4, -0.2) is 53.0 Å². The van der Waals surface area contributed by atoms with Gasteiger partial charge < -0.3 is 14.5 Å². The van der Waals surface area contributed by atoms with Crippen LogP contribution in [0.2, 0.25) is 0 Å². The van der Waals surface area contributed by atoms with Crippen LogP contribution in [-0.2, 0) is 4.74 Å². The maximum Gasteiger partial charge on any atom is 0.410 e. The zero-order valence-electron chi connectivity index (χ0n) is 12.9. The lowest BCUT2D eigenvalue weighted by Crippen LogP contribution is -2.50. The molecule has 0 unspecified atom stereocenters. The van der Waals surface area contributed by atoms with Gasteiger partial charge in [-0.1, -0.05) is 0 Å². The largest absolute Gasteiger partial charge is 0.444 e. The van der Waals surface area contributed by atoms with Crippen LogP contribution in [0.1, 0.15) is 52.9 Å². The highest BCUT2D eigenvalue weighted by atomic mass is 16.6. The van der Waals surface area contributed by atoms with Gasteiger partial charge in [0.1, 0.15) is 5.60 Å². The van der Waals surface area contributed by atoms with Crippen LogP contribution in [0.4, 0.5) is 4.79 Å². The van der Waals surface area contributed by atoms with Gasteiger partial charge in [-0.15, -0.1) is 0 Å². The number of rotatable bonds is 1. The van der Waals surface area contributed by atoms with Crippen LogP contribution < -0.4 is 0 Å². The summed E-state index contributed by atoms with van der Waals surface area (Å²) >= 11 is 0. The molecular formula is C15H27N3O2. The van der Waals surface area contributed by atoms with Crippen molar-refractivity contribution in [3.63, 3.8) is 0 Å². The quantitative estimate of drug-likeness (QED) is 0.804. The molecule has 0 radical (unpaired) electrons. The van der Waals surface area contributed by atoms with E-state index < -0.39 is 5.60 Å². The number of hydrogen-bond donors (Lipinski definition) is 1. The summed E-state index contributed by atoms with van der Waals surface area (Å²) in [7, 11) is 0. The predicted octanol–water partition coefficient (Wildman–Crippen LogP) is 2.85. The first-order valence-electron chi connectivity index (χ1n) is 7.69. The Hall–Kier alpha value is -1.26. The van der Waals surface area contributed by atoms with Gasteiger partial charge in [-0.25, -0.2) is 4.79 Å². The molecule has 0 spiro atoms. The van der Waals surface area contributed by atoms with Crippen LogP contribution in [0.3, 0.4) is 0 Å². The lowest BCUT2D eigenvalue weighted by Gasteiger charge is -2.41. The molecule has 0 bridgehead atoms. The van der Waals surface area contributed by atoms with Gasteiger partial charge in [-0.3, -0.25) is 5.41 Å². The van der Waals surface area contributed by atoms with Crippen molar-refractivity contribution in [3.05, 3.63) is 0 Å². The number of hydrogen-bond acceptors (Lipinski definition) is 3. The van der Waals surface area contributed by atoms with E-state index in [9.17, 15) is 4.79 Å². The van der Waals surface area contributed by atoms with E-state index in [1.807, 2.05) is 20.8 Å². The highest BCUT2D eigenvalue weighted by molar-refractivity contribution is 5.80. The van der Waals surface area contributed by atoms with Crippen LogP contribution in [0.15, 0.2) is 0 Å². The van der Waals surface area contributed by atoms with Crippen LogP contribution in [0.25, 0.3) is 0 Å².